The Morgan fingerprint density at radius 1 is 1.44 bits per heavy atom. The van der Waals surface area contributed by atoms with E-state index in [4.69, 9.17) is 5.11 Å². The first kappa shape index (κ1) is 12.6. The molecule has 0 radical (unpaired) electrons. The van der Waals surface area contributed by atoms with Crippen LogP contribution in [0.5, 0.6) is 0 Å². The first-order valence-corrected chi connectivity index (χ1v) is 6.71. The van der Waals surface area contributed by atoms with E-state index in [9.17, 15) is 8.42 Å². The van der Waals surface area contributed by atoms with Gasteiger partial charge in [0.15, 0.2) is 0 Å². The monoisotopic (exact) mass is 267 g/mol. The summed E-state index contributed by atoms with van der Waals surface area (Å²) in [5.41, 5.74) is 0.941. The van der Waals surface area contributed by atoms with Crippen LogP contribution in [0.1, 0.15) is 5.56 Å². The Labute approximate surface area is 105 Å². The third-order valence-electron chi connectivity index (χ3n) is 2.35. The highest BCUT2D eigenvalue weighted by Crippen LogP contribution is 2.16. The van der Waals surface area contributed by atoms with E-state index in [-0.39, 0.29) is 11.5 Å². The molecule has 0 saturated heterocycles. The van der Waals surface area contributed by atoms with Gasteiger partial charge in [-0.05, 0) is 17.7 Å². The summed E-state index contributed by atoms with van der Waals surface area (Å²) in [6.07, 6.45) is 2.99. The number of hydrogen-bond acceptors (Lipinski definition) is 4. The summed E-state index contributed by atoms with van der Waals surface area (Å²) in [6.45, 7) is -0.198. The Balaban J connectivity index is 2.30. The molecule has 1 aromatic heterocycles. The van der Waals surface area contributed by atoms with Crippen molar-refractivity contribution in [2.75, 3.05) is 4.72 Å². The van der Waals surface area contributed by atoms with E-state index in [0.717, 1.165) is 0 Å². The molecule has 0 bridgehead atoms. The fourth-order valence-corrected chi connectivity index (χ4v) is 2.60. The summed E-state index contributed by atoms with van der Waals surface area (Å²) in [6, 6.07) is 6.14. The van der Waals surface area contributed by atoms with Crippen molar-refractivity contribution in [3.05, 3.63) is 42.2 Å². The molecular formula is C11H13N3O3S. The number of anilines is 1. The topological polar surface area (TPSA) is 84.2 Å². The maximum absolute atomic E-state index is 12.0. The van der Waals surface area contributed by atoms with Crippen LogP contribution in [0, 0.1) is 0 Å². The van der Waals surface area contributed by atoms with E-state index in [0.29, 0.717) is 11.3 Å². The zero-order chi connectivity index (χ0) is 13.2. The molecule has 0 unspecified atom stereocenters. The van der Waals surface area contributed by atoms with Gasteiger partial charge in [-0.3, -0.25) is 9.40 Å². The van der Waals surface area contributed by atoms with Crippen LogP contribution in [0.4, 0.5) is 5.69 Å². The summed E-state index contributed by atoms with van der Waals surface area (Å²) < 4.78 is 28.0. The van der Waals surface area contributed by atoms with Gasteiger partial charge in [0.1, 0.15) is 0 Å². The number of nitrogens with zero attached hydrogens (tertiary/aromatic N) is 2. The Morgan fingerprint density at radius 3 is 2.83 bits per heavy atom. The number of benzene rings is 1. The van der Waals surface area contributed by atoms with Gasteiger partial charge in [0.05, 0.1) is 23.4 Å². The van der Waals surface area contributed by atoms with E-state index in [1.807, 2.05) is 0 Å². The molecule has 2 rings (SSSR count). The van der Waals surface area contributed by atoms with Gasteiger partial charge >= 0.3 is 0 Å². The van der Waals surface area contributed by atoms with Gasteiger partial charge < -0.3 is 5.11 Å². The predicted molar refractivity (Wildman–Crippen MR) is 66.4 cm³/mol. The molecule has 0 aliphatic carbocycles. The Bertz CT molecular complexity index is 649. The van der Waals surface area contributed by atoms with E-state index in [2.05, 4.69) is 9.82 Å². The highest BCUT2D eigenvalue weighted by molar-refractivity contribution is 7.92. The number of rotatable bonds is 4. The maximum Gasteiger partial charge on any atom is 0.262 e. The average molecular weight is 267 g/mol. The lowest BCUT2D eigenvalue weighted by atomic mass is 10.2. The molecule has 0 saturated carbocycles. The molecule has 18 heavy (non-hydrogen) atoms. The maximum atomic E-state index is 12.0. The van der Waals surface area contributed by atoms with E-state index < -0.39 is 10.0 Å². The number of aliphatic hydroxyl groups excluding tert-OH is 1. The molecule has 1 aromatic carbocycles. The lowest BCUT2D eigenvalue weighted by Gasteiger charge is -2.06. The smallest absolute Gasteiger partial charge is 0.262 e. The SMILES string of the molecule is Cn1cc(NS(=O)(=O)c2cccc(CO)c2)cn1. The van der Waals surface area contributed by atoms with Crippen LogP contribution < -0.4 is 4.72 Å². The molecule has 96 valence electrons. The quantitative estimate of drug-likeness (QED) is 0.854. The molecular weight excluding hydrogens is 254 g/mol. The number of nitrogens with one attached hydrogen (secondary N) is 1. The zero-order valence-corrected chi connectivity index (χ0v) is 10.6. The van der Waals surface area contributed by atoms with Crippen molar-refractivity contribution in [2.45, 2.75) is 11.5 Å². The molecule has 1 heterocycles. The van der Waals surface area contributed by atoms with Crippen molar-refractivity contribution in [2.24, 2.45) is 7.05 Å². The lowest BCUT2D eigenvalue weighted by molar-refractivity contribution is 0.281. The van der Waals surface area contributed by atoms with Crippen molar-refractivity contribution in [3.63, 3.8) is 0 Å². The highest BCUT2D eigenvalue weighted by Gasteiger charge is 2.15. The van der Waals surface area contributed by atoms with Crippen LogP contribution in [0.2, 0.25) is 0 Å². The largest absolute Gasteiger partial charge is 0.392 e. The summed E-state index contributed by atoms with van der Waals surface area (Å²) in [5.74, 6) is 0. The van der Waals surface area contributed by atoms with Crippen molar-refractivity contribution < 1.29 is 13.5 Å². The number of aromatic nitrogens is 2. The van der Waals surface area contributed by atoms with E-state index in [1.165, 1.54) is 23.0 Å². The Kier molecular flexibility index (Phi) is 3.35. The minimum absolute atomic E-state index is 0.109. The minimum atomic E-state index is -3.65. The summed E-state index contributed by atoms with van der Waals surface area (Å²) in [5, 5.41) is 12.9. The van der Waals surface area contributed by atoms with Gasteiger partial charge in [-0.25, -0.2) is 8.42 Å². The van der Waals surface area contributed by atoms with Crippen molar-refractivity contribution in [1.29, 1.82) is 0 Å². The molecule has 6 nitrogen and oxygen atoms in total. The third kappa shape index (κ3) is 2.69. The number of hydrogen-bond donors (Lipinski definition) is 2. The standard InChI is InChI=1S/C11H13N3O3S/c1-14-7-10(6-12-14)13-18(16,17)11-4-2-3-9(5-11)8-15/h2-7,13,15H,8H2,1H3. The molecule has 2 N–H and O–H groups in total. The number of aryl methyl sites for hydroxylation is 1. The molecule has 0 amide bonds. The second-order valence-electron chi connectivity index (χ2n) is 3.81. The van der Waals surface area contributed by atoms with Crippen molar-refractivity contribution in [1.82, 2.24) is 9.78 Å². The van der Waals surface area contributed by atoms with Gasteiger partial charge in [0.25, 0.3) is 10.0 Å². The lowest BCUT2D eigenvalue weighted by Crippen LogP contribution is -2.12. The van der Waals surface area contributed by atoms with Crippen LogP contribution in [-0.2, 0) is 23.7 Å². The van der Waals surface area contributed by atoms with Gasteiger partial charge in [0.2, 0.25) is 0 Å². The zero-order valence-electron chi connectivity index (χ0n) is 9.74. The number of sulfonamides is 1. The van der Waals surface area contributed by atoms with Gasteiger partial charge in [-0.15, -0.1) is 0 Å². The average Bonchev–Trinajstić information content (AvgIpc) is 2.74. The Morgan fingerprint density at radius 2 is 2.22 bits per heavy atom. The van der Waals surface area contributed by atoms with E-state index in [1.54, 1.807) is 25.4 Å². The summed E-state index contributed by atoms with van der Waals surface area (Å²) in [7, 11) is -1.95. The van der Waals surface area contributed by atoms with Crippen molar-refractivity contribution in [3.8, 4) is 0 Å². The second-order valence-corrected chi connectivity index (χ2v) is 5.50. The fraction of sp³-hybridized carbons (Fsp3) is 0.182. The molecule has 0 atom stereocenters. The molecule has 0 aliphatic heterocycles. The van der Waals surface area contributed by atoms with Gasteiger partial charge in [-0.2, -0.15) is 5.10 Å². The van der Waals surface area contributed by atoms with Crippen LogP contribution in [0.15, 0.2) is 41.6 Å². The normalized spacial score (nSPS) is 11.4. The number of aliphatic hydroxyl groups is 1. The molecule has 0 spiro atoms. The van der Waals surface area contributed by atoms with Gasteiger partial charge in [0, 0.05) is 13.2 Å². The molecule has 7 heteroatoms. The van der Waals surface area contributed by atoms with Crippen LogP contribution >= 0.6 is 0 Å². The predicted octanol–water partition coefficient (Wildman–Crippen LogP) is 0.713. The molecule has 0 fully saturated rings. The second kappa shape index (κ2) is 4.79. The van der Waals surface area contributed by atoms with Crippen molar-refractivity contribution >= 4 is 15.7 Å². The third-order valence-corrected chi connectivity index (χ3v) is 3.73. The first-order chi connectivity index (χ1) is 8.51. The van der Waals surface area contributed by atoms with Crippen LogP contribution in [-0.4, -0.2) is 23.3 Å². The summed E-state index contributed by atoms with van der Waals surface area (Å²) in [4.78, 5) is 0.109. The Hall–Kier alpha value is -1.86. The fourth-order valence-electron chi connectivity index (χ4n) is 1.50. The van der Waals surface area contributed by atoms with Crippen LogP contribution in [0.25, 0.3) is 0 Å². The summed E-state index contributed by atoms with van der Waals surface area (Å²) >= 11 is 0. The van der Waals surface area contributed by atoms with Gasteiger partial charge in [-0.1, -0.05) is 12.1 Å². The van der Waals surface area contributed by atoms with Crippen LogP contribution in [0.3, 0.4) is 0 Å². The highest BCUT2D eigenvalue weighted by atomic mass is 32.2. The first-order valence-electron chi connectivity index (χ1n) is 5.22. The molecule has 0 aliphatic rings. The molecule has 2 aromatic rings. The minimum Gasteiger partial charge on any atom is -0.392 e. The van der Waals surface area contributed by atoms with E-state index >= 15 is 0 Å².